The molecular weight excluding hydrogens is 286 g/mol. The summed E-state index contributed by atoms with van der Waals surface area (Å²) in [6.07, 6.45) is 0.216. The Labute approximate surface area is 136 Å². The van der Waals surface area contributed by atoms with Crippen molar-refractivity contribution in [1.82, 2.24) is 5.32 Å². The Hall–Kier alpha value is -1.94. The molecule has 2 aromatic carbocycles. The first kappa shape index (κ1) is 14.6. The van der Waals surface area contributed by atoms with Crippen molar-refractivity contribution in [1.29, 1.82) is 0 Å². The Balaban J connectivity index is 2.04. The van der Waals surface area contributed by atoms with Gasteiger partial charge in [0.05, 0.1) is 0 Å². The number of fused-ring (bicyclic) bond motifs is 2. The highest BCUT2D eigenvalue weighted by atomic mass is 16.3. The van der Waals surface area contributed by atoms with Gasteiger partial charge in [0.25, 0.3) is 0 Å². The topological polar surface area (TPSA) is 52.5 Å². The molecule has 0 radical (unpaired) electrons. The van der Waals surface area contributed by atoms with E-state index < -0.39 is 12.2 Å². The van der Waals surface area contributed by atoms with Gasteiger partial charge in [0.2, 0.25) is 0 Å². The average molecular weight is 307 g/mol. The molecule has 4 rings (SSSR count). The normalized spacial score (nSPS) is 23.9. The van der Waals surface area contributed by atoms with E-state index >= 15 is 0 Å². The summed E-state index contributed by atoms with van der Waals surface area (Å²) in [6, 6.07) is 15.9. The van der Waals surface area contributed by atoms with Crippen LogP contribution in [-0.4, -0.2) is 23.3 Å². The van der Waals surface area contributed by atoms with Crippen LogP contribution >= 0.6 is 0 Å². The van der Waals surface area contributed by atoms with Crippen LogP contribution in [0, 0.1) is 0 Å². The first-order chi connectivity index (χ1) is 11.3. The Bertz CT molecular complexity index is 704. The second-order valence-electron chi connectivity index (χ2n) is 6.29. The number of rotatable bonds is 0. The zero-order valence-corrected chi connectivity index (χ0v) is 13.0. The van der Waals surface area contributed by atoms with Crippen molar-refractivity contribution in [2.45, 2.75) is 25.0 Å². The van der Waals surface area contributed by atoms with E-state index in [1.54, 1.807) is 0 Å². The van der Waals surface area contributed by atoms with E-state index in [-0.39, 0.29) is 0 Å². The molecule has 2 aliphatic rings. The van der Waals surface area contributed by atoms with E-state index in [1.165, 1.54) is 11.1 Å². The summed E-state index contributed by atoms with van der Waals surface area (Å²) in [6.45, 7) is 1.96. The zero-order valence-electron chi connectivity index (χ0n) is 13.0. The summed E-state index contributed by atoms with van der Waals surface area (Å²) in [5, 5.41) is 24.8. The van der Waals surface area contributed by atoms with E-state index in [4.69, 9.17) is 0 Å². The molecule has 1 saturated heterocycles. The summed E-state index contributed by atoms with van der Waals surface area (Å²) in [5.74, 6) is 0. The number of aliphatic hydroxyl groups excluding tert-OH is 2. The molecule has 1 aliphatic heterocycles. The van der Waals surface area contributed by atoms with E-state index in [0.717, 1.165) is 48.2 Å². The third-order valence-corrected chi connectivity index (χ3v) is 4.96. The van der Waals surface area contributed by atoms with Gasteiger partial charge in [-0.15, -0.1) is 0 Å². The van der Waals surface area contributed by atoms with Gasteiger partial charge in [-0.05, 0) is 53.8 Å². The fourth-order valence-corrected chi connectivity index (χ4v) is 3.81. The molecule has 2 aromatic rings. The Morgan fingerprint density at radius 1 is 0.739 bits per heavy atom. The fourth-order valence-electron chi connectivity index (χ4n) is 3.81. The van der Waals surface area contributed by atoms with Crippen molar-refractivity contribution in [3.63, 3.8) is 0 Å². The summed E-state index contributed by atoms with van der Waals surface area (Å²) in [5.41, 5.74) is 6.36. The molecule has 1 heterocycles. The summed E-state index contributed by atoms with van der Waals surface area (Å²) in [4.78, 5) is 0. The summed E-state index contributed by atoms with van der Waals surface area (Å²) < 4.78 is 0. The van der Waals surface area contributed by atoms with Crippen molar-refractivity contribution in [3.05, 3.63) is 76.4 Å². The standard InChI is InChI=1S/C20H21NO2/c22-19-16-7-3-1-5-14(16)18(13-9-11-21-12-10-13)15-6-2-4-8-17(15)20(19)23/h1-8,19-23H,9-12H2. The molecule has 23 heavy (non-hydrogen) atoms. The lowest BCUT2D eigenvalue weighted by Crippen LogP contribution is -2.24. The van der Waals surface area contributed by atoms with Gasteiger partial charge < -0.3 is 15.5 Å². The van der Waals surface area contributed by atoms with Crippen LogP contribution < -0.4 is 5.32 Å². The predicted molar refractivity (Wildman–Crippen MR) is 90.9 cm³/mol. The lowest BCUT2D eigenvalue weighted by molar-refractivity contribution is 0.0176. The van der Waals surface area contributed by atoms with Gasteiger partial charge in [0.15, 0.2) is 0 Å². The fraction of sp³-hybridized carbons (Fsp3) is 0.300. The van der Waals surface area contributed by atoms with E-state index in [9.17, 15) is 10.2 Å². The van der Waals surface area contributed by atoms with E-state index in [2.05, 4.69) is 17.4 Å². The molecule has 118 valence electrons. The first-order valence-electron chi connectivity index (χ1n) is 8.25. The highest BCUT2D eigenvalue weighted by Crippen LogP contribution is 2.44. The summed E-state index contributed by atoms with van der Waals surface area (Å²) >= 11 is 0. The lowest BCUT2D eigenvalue weighted by Gasteiger charge is -2.22. The van der Waals surface area contributed by atoms with Crippen LogP contribution in [0.2, 0.25) is 0 Å². The largest absolute Gasteiger partial charge is 0.385 e. The molecule has 0 bridgehead atoms. The second kappa shape index (κ2) is 5.93. The molecule has 3 heteroatoms. The molecule has 2 atom stereocenters. The predicted octanol–water partition coefficient (Wildman–Crippen LogP) is 2.95. The van der Waals surface area contributed by atoms with Crippen molar-refractivity contribution < 1.29 is 10.2 Å². The molecule has 3 N–H and O–H groups in total. The van der Waals surface area contributed by atoms with Gasteiger partial charge in [0, 0.05) is 0 Å². The molecule has 0 saturated carbocycles. The average Bonchev–Trinajstić information content (AvgIpc) is 2.71. The number of benzene rings is 2. The quantitative estimate of drug-likeness (QED) is 0.701. The molecule has 1 fully saturated rings. The van der Waals surface area contributed by atoms with Gasteiger partial charge in [-0.1, -0.05) is 54.1 Å². The van der Waals surface area contributed by atoms with Crippen LogP contribution in [-0.2, 0) is 0 Å². The minimum absolute atomic E-state index is 0.817. The van der Waals surface area contributed by atoms with Crippen LogP contribution in [0.3, 0.4) is 0 Å². The third kappa shape index (κ3) is 2.41. The lowest BCUT2D eigenvalue weighted by atomic mass is 9.86. The smallest absolute Gasteiger partial charge is 0.110 e. The highest BCUT2D eigenvalue weighted by molar-refractivity contribution is 5.86. The molecule has 2 unspecified atom stereocenters. The van der Waals surface area contributed by atoms with Gasteiger partial charge in [-0.2, -0.15) is 0 Å². The third-order valence-electron chi connectivity index (χ3n) is 4.96. The number of piperidine rings is 1. The molecule has 3 nitrogen and oxygen atoms in total. The maximum absolute atomic E-state index is 10.7. The van der Waals surface area contributed by atoms with Crippen LogP contribution in [0.25, 0.3) is 5.57 Å². The van der Waals surface area contributed by atoms with Gasteiger partial charge in [0.1, 0.15) is 12.2 Å². The SMILES string of the molecule is OC1c2ccccc2C(=C2CCNCC2)c2ccccc2C1O. The minimum atomic E-state index is -0.896. The van der Waals surface area contributed by atoms with Crippen molar-refractivity contribution in [3.8, 4) is 0 Å². The highest BCUT2D eigenvalue weighted by Gasteiger charge is 2.31. The zero-order chi connectivity index (χ0) is 15.8. The molecule has 0 amide bonds. The van der Waals surface area contributed by atoms with Gasteiger partial charge in [-0.3, -0.25) is 0 Å². The molecule has 0 aromatic heterocycles. The maximum atomic E-state index is 10.7. The van der Waals surface area contributed by atoms with Crippen molar-refractivity contribution >= 4 is 5.57 Å². The molecular formula is C20H21NO2. The Morgan fingerprint density at radius 2 is 1.22 bits per heavy atom. The maximum Gasteiger partial charge on any atom is 0.110 e. The van der Waals surface area contributed by atoms with Gasteiger partial charge >= 0.3 is 0 Å². The minimum Gasteiger partial charge on any atom is -0.385 e. The van der Waals surface area contributed by atoms with Crippen LogP contribution in [0.1, 0.15) is 47.3 Å². The number of hydrogen-bond acceptors (Lipinski definition) is 3. The Morgan fingerprint density at radius 3 is 1.74 bits per heavy atom. The molecule has 1 aliphatic carbocycles. The van der Waals surface area contributed by atoms with Crippen molar-refractivity contribution in [2.24, 2.45) is 0 Å². The monoisotopic (exact) mass is 307 g/mol. The summed E-state index contributed by atoms with van der Waals surface area (Å²) in [7, 11) is 0. The number of nitrogens with one attached hydrogen (secondary N) is 1. The number of hydrogen-bond donors (Lipinski definition) is 3. The molecule has 0 spiro atoms. The first-order valence-corrected chi connectivity index (χ1v) is 8.25. The van der Waals surface area contributed by atoms with Crippen LogP contribution in [0.5, 0.6) is 0 Å². The van der Waals surface area contributed by atoms with Gasteiger partial charge in [-0.25, -0.2) is 0 Å². The number of aliphatic hydroxyl groups is 2. The van der Waals surface area contributed by atoms with Crippen molar-refractivity contribution in [2.75, 3.05) is 13.1 Å². The van der Waals surface area contributed by atoms with Crippen LogP contribution in [0.15, 0.2) is 54.1 Å². The van der Waals surface area contributed by atoms with E-state index in [0.29, 0.717) is 0 Å². The van der Waals surface area contributed by atoms with E-state index in [1.807, 2.05) is 36.4 Å². The Kier molecular flexibility index (Phi) is 3.77. The van der Waals surface area contributed by atoms with Crippen LogP contribution in [0.4, 0.5) is 0 Å². The second-order valence-corrected chi connectivity index (χ2v) is 6.29.